The molecule has 0 aromatic heterocycles. The van der Waals surface area contributed by atoms with Gasteiger partial charge >= 0.3 is 0 Å². The summed E-state index contributed by atoms with van der Waals surface area (Å²) in [6.07, 6.45) is 3.59. The standard InChI is InChI=1S/C24H32N2O/c1-4-6-24(27)26(22-11-9-19(2)10-12-22)23-13-15-25(16-14-23)18-21-8-5-7-20(3)17-21/h5,7-12,17,23H,4,6,13-16,18H2,1-3H3. The van der Waals surface area contributed by atoms with Crippen molar-refractivity contribution in [1.29, 1.82) is 0 Å². The molecule has 0 N–H and O–H groups in total. The number of rotatable bonds is 6. The molecule has 0 aliphatic carbocycles. The molecule has 0 atom stereocenters. The number of nitrogens with zero attached hydrogens (tertiary/aromatic N) is 2. The molecule has 0 saturated carbocycles. The van der Waals surface area contributed by atoms with Crippen LogP contribution in [0.15, 0.2) is 48.5 Å². The van der Waals surface area contributed by atoms with Gasteiger partial charge in [-0.25, -0.2) is 0 Å². The van der Waals surface area contributed by atoms with E-state index in [-0.39, 0.29) is 5.91 Å². The van der Waals surface area contributed by atoms with Gasteiger partial charge in [0.05, 0.1) is 0 Å². The molecule has 1 heterocycles. The largest absolute Gasteiger partial charge is 0.309 e. The first-order valence-corrected chi connectivity index (χ1v) is 10.2. The number of benzene rings is 2. The van der Waals surface area contributed by atoms with Crippen molar-refractivity contribution in [3.8, 4) is 0 Å². The molecule has 3 nitrogen and oxygen atoms in total. The van der Waals surface area contributed by atoms with E-state index >= 15 is 0 Å². The van der Waals surface area contributed by atoms with E-state index in [2.05, 4.69) is 79.1 Å². The third-order valence-electron chi connectivity index (χ3n) is 5.46. The zero-order valence-electron chi connectivity index (χ0n) is 16.9. The van der Waals surface area contributed by atoms with Crippen LogP contribution in [0, 0.1) is 13.8 Å². The van der Waals surface area contributed by atoms with Gasteiger partial charge in [-0.1, -0.05) is 54.4 Å². The van der Waals surface area contributed by atoms with Gasteiger partial charge in [0, 0.05) is 37.8 Å². The van der Waals surface area contributed by atoms with Gasteiger partial charge in [0.15, 0.2) is 0 Å². The van der Waals surface area contributed by atoms with Crippen LogP contribution in [-0.4, -0.2) is 29.9 Å². The zero-order valence-corrected chi connectivity index (χ0v) is 16.9. The predicted molar refractivity (Wildman–Crippen MR) is 113 cm³/mol. The Labute approximate surface area is 164 Å². The third-order valence-corrected chi connectivity index (χ3v) is 5.46. The highest BCUT2D eigenvalue weighted by molar-refractivity contribution is 5.94. The average molecular weight is 365 g/mol. The van der Waals surface area contributed by atoms with Gasteiger partial charge in [-0.2, -0.15) is 0 Å². The van der Waals surface area contributed by atoms with Crippen LogP contribution in [0.5, 0.6) is 0 Å². The lowest BCUT2D eigenvalue weighted by Gasteiger charge is -2.39. The van der Waals surface area contributed by atoms with E-state index in [0.29, 0.717) is 12.5 Å². The molecule has 2 aromatic rings. The lowest BCUT2D eigenvalue weighted by Crippen LogP contribution is -2.47. The van der Waals surface area contributed by atoms with Gasteiger partial charge in [0.25, 0.3) is 0 Å². The molecular formula is C24H32N2O. The van der Waals surface area contributed by atoms with Gasteiger partial charge in [0.1, 0.15) is 0 Å². The lowest BCUT2D eigenvalue weighted by atomic mass is 10.00. The highest BCUT2D eigenvalue weighted by Gasteiger charge is 2.28. The first-order valence-electron chi connectivity index (χ1n) is 10.2. The van der Waals surface area contributed by atoms with E-state index in [1.807, 2.05) is 0 Å². The summed E-state index contributed by atoms with van der Waals surface area (Å²) >= 11 is 0. The Morgan fingerprint density at radius 3 is 2.37 bits per heavy atom. The Kier molecular flexibility index (Phi) is 6.68. The second-order valence-corrected chi connectivity index (χ2v) is 7.85. The topological polar surface area (TPSA) is 23.6 Å². The molecule has 1 aliphatic rings. The minimum Gasteiger partial charge on any atom is -0.309 e. The maximum Gasteiger partial charge on any atom is 0.227 e. The molecule has 144 valence electrons. The Morgan fingerprint density at radius 1 is 1.04 bits per heavy atom. The minimum absolute atomic E-state index is 0.262. The summed E-state index contributed by atoms with van der Waals surface area (Å²) in [4.78, 5) is 17.4. The Bertz CT molecular complexity index is 745. The molecule has 1 amide bonds. The SMILES string of the molecule is CCCC(=O)N(c1ccc(C)cc1)C1CCN(Cc2cccc(C)c2)CC1. The van der Waals surface area contributed by atoms with E-state index in [9.17, 15) is 4.79 Å². The molecule has 1 fully saturated rings. The predicted octanol–water partition coefficient (Wildman–Crippen LogP) is 5.10. The van der Waals surface area contributed by atoms with Gasteiger partial charge < -0.3 is 4.90 Å². The second kappa shape index (κ2) is 9.18. The van der Waals surface area contributed by atoms with Crippen molar-refractivity contribution in [3.05, 3.63) is 65.2 Å². The first-order chi connectivity index (χ1) is 13.1. The number of aryl methyl sites for hydroxylation is 2. The molecule has 0 unspecified atom stereocenters. The fourth-order valence-electron chi connectivity index (χ4n) is 4.00. The summed E-state index contributed by atoms with van der Waals surface area (Å²) in [7, 11) is 0. The van der Waals surface area contributed by atoms with E-state index < -0.39 is 0 Å². The number of carbonyl (C=O) groups excluding carboxylic acids is 1. The summed E-state index contributed by atoms with van der Waals surface area (Å²) in [5, 5.41) is 0. The maximum absolute atomic E-state index is 12.9. The smallest absolute Gasteiger partial charge is 0.227 e. The number of likely N-dealkylation sites (tertiary alicyclic amines) is 1. The van der Waals surface area contributed by atoms with Gasteiger partial charge in [-0.15, -0.1) is 0 Å². The molecule has 3 heteroatoms. The summed E-state index contributed by atoms with van der Waals surface area (Å²) < 4.78 is 0. The van der Waals surface area contributed by atoms with Crippen molar-refractivity contribution < 1.29 is 4.79 Å². The highest BCUT2D eigenvalue weighted by atomic mass is 16.2. The Balaban J connectivity index is 1.66. The molecule has 0 bridgehead atoms. The monoisotopic (exact) mass is 364 g/mol. The normalized spacial score (nSPS) is 15.7. The van der Waals surface area contributed by atoms with Crippen molar-refractivity contribution in [2.24, 2.45) is 0 Å². The summed E-state index contributed by atoms with van der Waals surface area (Å²) in [5.41, 5.74) is 4.98. The fourth-order valence-corrected chi connectivity index (χ4v) is 4.00. The van der Waals surface area contributed by atoms with Crippen LogP contribution in [0.2, 0.25) is 0 Å². The number of piperidine rings is 1. The number of amides is 1. The van der Waals surface area contributed by atoms with Gasteiger partial charge in [-0.05, 0) is 50.8 Å². The molecule has 1 aliphatic heterocycles. The van der Waals surface area contributed by atoms with Gasteiger partial charge in [-0.3, -0.25) is 9.69 Å². The molecule has 0 spiro atoms. The minimum atomic E-state index is 0.262. The third kappa shape index (κ3) is 5.20. The van der Waals surface area contributed by atoms with Crippen molar-refractivity contribution >= 4 is 11.6 Å². The average Bonchev–Trinajstić information content (AvgIpc) is 2.65. The van der Waals surface area contributed by atoms with Crippen LogP contribution in [0.25, 0.3) is 0 Å². The van der Waals surface area contributed by atoms with Crippen LogP contribution in [-0.2, 0) is 11.3 Å². The van der Waals surface area contributed by atoms with Gasteiger partial charge in [0.2, 0.25) is 5.91 Å². The fraction of sp³-hybridized carbons (Fsp3) is 0.458. The first kappa shape index (κ1) is 19.6. The van der Waals surface area contributed by atoms with E-state index in [1.54, 1.807) is 0 Å². The van der Waals surface area contributed by atoms with Crippen molar-refractivity contribution in [1.82, 2.24) is 4.90 Å². The van der Waals surface area contributed by atoms with Crippen LogP contribution in [0.3, 0.4) is 0 Å². The molecule has 1 saturated heterocycles. The van der Waals surface area contributed by atoms with E-state index in [1.165, 1.54) is 16.7 Å². The Hall–Kier alpha value is -2.13. The summed E-state index contributed by atoms with van der Waals surface area (Å²) in [6.45, 7) is 9.40. The molecule has 27 heavy (non-hydrogen) atoms. The van der Waals surface area contributed by atoms with Crippen molar-refractivity contribution in [2.75, 3.05) is 18.0 Å². The second-order valence-electron chi connectivity index (χ2n) is 7.85. The van der Waals surface area contributed by atoms with E-state index in [4.69, 9.17) is 0 Å². The number of hydrogen-bond acceptors (Lipinski definition) is 2. The van der Waals surface area contributed by atoms with Crippen molar-refractivity contribution in [2.45, 2.75) is 59.0 Å². The van der Waals surface area contributed by atoms with Crippen LogP contribution in [0.1, 0.15) is 49.3 Å². The summed E-state index contributed by atoms with van der Waals surface area (Å²) in [6, 6.07) is 17.5. The van der Waals surface area contributed by atoms with Crippen LogP contribution >= 0.6 is 0 Å². The van der Waals surface area contributed by atoms with Crippen LogP contribution < -0.4 is 4.90 Å². The number of hydrogen-bond donors (Lipinski definition) is 0. The number of carbonyl (C=O) groups is 1. The summed E-state index contributed by atoms with van der Waals surface area (Å²) in [5.74, 6) is 0.262. The molecule has 0 radical (unpaired) electrons. The zero-order chi connectivity index (χ0) is 19.2. The number of anilines is 1. The molecule has 2 aromatic carbocycles. The Morgan fingerprint density at radius 2 is 1.74 bits per heavy atom. The van der Waals surface area contributed by atoms with Crippen molar-refractivity contribution in [3.63, 3.8) is 0 Å². The molecule has 3 rings (SSSR count). The highest BCUT2D eigenvalue weighted by Crippen LogP contribution is 2.26. The van der Waals surface area contributed by atoms with Crippen LogP contribution in [0.4, 0.5) is 5.69 Å². The van der Waals surface area contributed by atoms with E-state index in [0.717, 1.165) is 44.6 Å². The lowest BCUT2D eigenvalue weighted by molar-refractivity contribution is -0.119. The quantitative estimate of drug-likeness (QED) is 0.712. The maximum atomic E-state index is 12.9. The molecular weight excluding hydrogens is 332 g/mol.